The van der Waals surface area contributed by atoms with Crippen LogP contribution in [0.15, 0.2) is 58.4 Å². The molecule has 1 aliphatic rings. The highest BCUT2D eigenvalue weighted by atomic mass is 19.3. The molecule has 6 rings (SSSR count). The molecule has 212 valence electrons. The Hall–Kier alpha value is -4.79. The summed E-state index contributed by atoms with van der Waals surface area (Å²) in [6.07, 6.45) is 1.92. The normalized spacial score (nSPS) is 15.5. The molecule has 0 spiro atoms. The Bertz CT molecular complexity index is 1940. The number of imidazole rings is 1. The molecule has 1 fully saturated rings. The first-order valence-corrected chi connectivity index (χ1v) is 12.2. The first kappa shape index (κ1) is 26.4. The summed E-state index contributed by atoms with van der Waals surface area (Å²) in [7, 11) is 1.24. The number of aromatic nitrogens is 5. The van der Waals surface area contributed by atoms with E-state index in [9.17, 15) is 31.5 Å². The zero-order valence-corrected chi connectivity index (χ0v) is 21.1. The van der Waals surface area contributed by atoms with Crippen molar-refractivity contribution in [2.45, 2.75) is 19.1 Å². The summed E-state index contributed by atoms with van der Waals surface area (Å²) in [5.41, 5.74) is -1.97. The Morgan fingerprint density at radius 3 is 2.56 bits per heavy atom. The van der Waals surface area contributed by atoms with Gasteiger partial charge in [-0.3, -0.25) is 13.8 Å². The van der Waals surface area contributed by atoms with Crippen LogP contribution in [0.5, 0.6) is 5.88 Å². The van der Waals surface area contributed by atoms with E-state index in [-0.39, 0.29) is 59.3 Å². The molecule has 5 aromatic rings. The fourth-order valence-electron chi connectivity index (χ4n) is 4.96. The van der Waals surface area contributed by atoms with Crippen molar-refractivity contribution in [3.63, 3.8) is 0 Å². The third kappa shape index (κ3) is 4.47. The van der Waals surface area contributed by atoms with E-state index in [2.05, 4.69) is 14.7 Å². The Kier molecular flexibility index (Phi) is 6.44. The quantitative estimate of drug-likeness (QED) is 0.287. The van der Waals surface area contributed by atoms with Gasteiger partial charge < -0.3 is 14.4 Å². The van der Waals surface area contributed by atoms with E-state index in [1.54, 1.807) is 4.90 Å². The topological polar surface area (TPSA) is 95.9 Å². The predicted molar refractivity (Wildman–Crippen MR) is 136 cm³/mol. The Balaban J connectivity index is 1.66. The maximum atomic E-state index is 14.4. The predicted octanol–water partition coefficient (Wildman–Crippen LogP) is 3.43. The van der Waals surface area contributed by atoms with E-state index in [1.807, 2.05) is 0 Å². The minimum absolute atomic E-state index is 0.0385. The maximum Gasteiger partial charge on any atom is 0.345 e. The van der Waals surface area contributed by atoms with Crippen LogP contribution in [0, 0.1) is 17.5 Å². The zero-order chi connectivity index (χ0) is 29.0. The number of methoxy groups -OCH3 is 1. The number of nitrogens with zero attached hydrogens (tertiary/aromatic N) is 6. The molecule has 0 N–H and O–H groups in total. The van der Waals surface area contributed by atoms with Crippen LogP contribution in [0.1, 0.15) is 6.42 Å². The lowest BCUT2D eigenvalue weighted by molar-refractivity contribution is -0.156. The van der Waals surface area contributed by atoms with Crippen molar-refractivity contribution < 1.29 is 31.4 Å². The van der Waals surface area contributed by atoms with Gasteiger partial charge in [0.2, 0.25) is 5.88 Å². The highest BCUT2D eigenvalue weighted by molar-refractivity contribution is 5.87. The van der Waals surface area contributed by atoms with E-state index in [4.69, 9.17) is 4.74 Å². The van der Waals surface area contributed by atoms with Gasteiger partial charge >= 0.3 is 12.3 Å². The van der Waals surface area contributed by atoms with Crippen LogP contribution >= 0.6 is 0 Å². The molecule has 1 saturated heterocycles. The molecule has 10 nitrogen and oxygen atoms in total. The van der Waals surface area contributed by atoms with Crippen LogP contribution in [-0.2, 0) is 4.74 Å². The summed E-state index contributed by atoms with van der Waals surface area (Å²) in [6, 6.07) is 6.31. The standard InChI is InChI=1S/C26H19F5N6O4/c1-40-23-22-18(10-20(33-23)34-6-5-15(12-34)41-25(30)31)36(14-2-3-16(28)17(29)9-14)26(39)37(24(22)38)21-11-32-19-8-13(27)4-7-35(19)21/h2-4,7-11,15,25H,5-6,12H2,1H3/t15-/m1/s1. The van der Waals surface area contributed by atoms with Gasteiger partial charge in [-0.2, -0.15) is 13.8 Å². The maximum absolute atomic E-state index is 14.4. The fraction of sp³-hybridized carbons (Fsp3) is 0.231. The van der Waals surface area contributed by atoms with Gasteiger partial charge in [0.05, 0.1) is 30.6 Å². The summed E-state index contributed by atoms with van der Waals surface area (Å²) < 4.78 is 80.6. The second-order valence-electron chi connectivity index (χ2n) is 9.18. The number of ether oxygens (including phenoxy) is 2. The average Bonchev–Trinajstić information content (AvgIpc) is 3.56. The second-order valence-corrected chi connectivity index (χ2v) is 9.18. The van der Waals surface area contributed by atoms with Gasteiger partial charge in [0.25, 0.3) is 5.56 Å². The van der Waals surface area contributed by atoms with E-state index in [1.165, 1.54) is 30.0 Å². The van der Waals surface area contributed by atoms with Crippen molar-refractivity contribution in [3.8, 4) is 17.4 Å². The van der Waals surface area contributed by atoms with Crippen molar-refractivity contribution in [2.75, 3.05) is 25.1 Å². The Morgan fingerprint density at radius 1 is 1.02 bits per heavy atom. The molecule has 0 saturated carbocycles. The summed E-state index contributed by atoms with van der Waals surface area (Å²) >= 11 is 0. The number of anilines is 1. The SMILES string of the molecule is COc1nc(N2CC[C@@H](OC(F)F)C2)cc2c1c(=O)n(-c1cnc3cc(F)ccn13)c(=O)n2-c1ccc(F)c(F)c1. The van der Waals surface area contributed by atoms with Gasteiger partial charge in [0.15, 0.2) is 11.6 Å². The molecule has 5 heterocycles. The summed E-state index contributed by atoms with van der Waals surface area (Å²) in [5.74, 6) is -3.12. The number of alkyl halides is 2. The van der Waals surface area contributed by atoms with Crippen LogP contribution < -0.4 is 20.9 Å². The number of rotatable bonds is 6. The van der Waals surface area contributed by atoms with Gasteiger partial charge in [-0.15, -0.1) is 0 Å². The molecular weight excluding hydrogens is 555 g/mol. The lowest BCUT2D eigenvalue weighted by Crippen LogP contribution is -2.39. The van der Waals surface area contributed by atoms with Crippen molar-refractivity contribution in [1.82, 2.24) is 23.5 Å². The number of pyridine rings is 2. The molecule has 1 aromatic carbocycles. The largest absolute Gasteiger partial charge is 0.480 e. The van der Waals surface area contributed by atoms with Crippen molar-refractivity contribution in [3.05, 3.63) is 87.1 Å². The van der Waals surface area contributed by atoms with Gasteiger partial charge in [-0.05, 0) is 24.6 Å². The molecule has 41 heavy (non-hydrogen) atoms. The first-order chi connectivity index (χ1) is 19.7. The van der Waals surface area contributed by atoms with Crippen molar-refractivity contribution in [2.24, 2.45) is 0 Å². The van der Waals surface area contributed by atoms with Crippen LogP contribution in [0.25, 0.3) is 28.1 Å². The first-order valence-electron chi connectivity index (χ1n) is 12.2. The average molecular weight is 574 g/mol. The summed E-state index contributed by atoms with van der Waals surface area (Å²) in [6.45, 7) is -2.66. The molecular formula is C26H19F5N6O4. The van der Waals surface area contributed by atoms with E-state index in [0.717, 1.165) is 39.5 Å². The highest BCUT2D eigenvalue weighted by Crippen LogP contribution is 2.30. The van der Waals surface area contributed by atoms with E-state index in [0.29, 0.717) is 0 Å². The molecule has 15 heteroatoms. The molecule has 0 radical (unpaired) electrons. The number of halogens is 5. The lowest BCUT2D eigenvalue weighted by Gasteiger charge is -2.21. The minimum atomic E-state index is -2.97. The number of fused-ring (bicyclic) bond motifs is 2. The summed E-state index contributed by atoms with van der Waals surface area (Å²) in [5, 5.41) is -0.197. The Morgan fingerprint density at radius 2 is 1.83 bits per heavy atom. The number of hydrogen-bond acceptors (Lipinski definition) is 7. The second kappa shape index (κ2) is 9.99. The lowest BCUT2D eigenvalue weighted by atomic mass is 10.2. The monoisotopic (exact) mass is 574 g/mol. The molecule has 1 aliphatic heterocycles. The fourth-order valence-corrected chi connectivity index (χ4v) is 4.96. The van der Waals surface area contributed by atoms with Crippen LogP contribution in [0.2, 0.25) is 0 Å². The minimum Gasteiger partial charge on any atom is -0.480 e. The third-order valence-corrected chi connectivity index (χ3v) is 6.80. The molecule has 0 bridgehead atoms. The molecule has 1 atom stereocenters. The molecule has 0 unspecified atom stereocenters. The molecule has 4 aromatic heterocycles. The van der Waals surface area contributed by atoms with Gasteiger partial charge in [-0.1, -0.05) is 0 Å². The highest BCUT2D eigenvalue weighted by Gasteiger charge is 2.29. The number of benzene rings is 1. The van der Waals surface area contributed by atoms with Gasteiger partial charge in [0.1, 0.15) is 28.5 Å². The molecule has 0 amide bonds. The summed E-state index contributed by atoms with van der Waals surface area (Å²) in [4.78, 5) is 38.0. The number of hydrogen-bond donors (Lipinski definition) is 0. The Labute approximate surface area is 226 Å². The zero-order valence-electron chi connectivity index (χ0n) is 21.1. The van der Waals surface area contributed by atoms with Crippen LogP contribution in [-0.4, -0.2) is 56.4 Å². The van der Waals surface area contributed by atoms with E-state index < -0.39 is 41.4 Å². The van der Waals surface area contributed by atoms with E-state index >= 15 is 0 Å². The van der Waals surface area contributed by atoms with Gasteiger partial charge in [-0.25, -0.2) is 27.5 Å². The third-order valence-electron chi connectivity index (χ3n) is 6.80. The van der Waals surface area contributed by atoms with Gasteiger partial charge in [0, 0.05) is 37.5 Å². The van der Waals surface area contributed by atoms with Crippen LogP contribution in [0.4, 0.5) is 27.8 Å². The molecule has 0 aliphatic carbocycles. The smallest absolute Gasteiger partial charge is 0.345 e. The van der Waals surface area contributed by atoms with Crippen molar-refractivity contribution in [1.29, 1.82) is 0 Å². The van der Waals surface area contributed by atoms with Crippen LogP contribution in [0.3, 0.4) is 0 Å². The van der Waals surface area contributed by atoms with Crippen molar-refractivity contribution >= 4 is 22.4 Å².